The summed E-state index contributed by atoms with van der Waals surface area (Å²) in [6.45, 7) is 7.26. The van der Waals surface area contributed by atoms with Crippen molar-refractivity contribution >= 4 is 17.5 Å². The summed E-state index contributed by atoms with van der Waals surface area (Å²) in [5, 5.41) is 0. The number of halogens is 1. The van der Waals surface area contributed by atoms with Crippen molar-refractivity contribution < 1.29 is 33.3 Å². The van der Waals surface area contributed by atoms with Crippen LogP contribution in [-0.2, 0) is 5.41 Å². The van der Waals surface area contributed by atoms with Crippen LogP contribution >= 0.6 is 0 Å². The molecule has 0 aromatic heterocycles. The molecule has 0 bridgehead atoms. The standard InChI is InChI=1S/C21H24NO.HI/c1-5-23-17-12-13-19-18(15-17)21(2,3)20(22(19)4)14-11-16-9-7-6-8-10-16;/h6-15H,5H2,1-4H3;1H/q+1;/p-1. The summed E-state index contributed by atoms with van der Waals surface area (Å²) in [5.41, 5.74) is 5.05. The third-order valence-electron chi connectivity index (χ3n) is 4.55. The van der Waals surface area contributed by atoms with Crippen LogP contribution in [-0.4, -0.2) is 23.9 Å². The van der Waals surface area contributed by atoms with E-state index in [4.69, 9.17) is 4.74 Å². The molecule has 0 saturated carbocycles. The van der Waals surface area contributed by atoms with Gasteiger partial charge in [-0.3, -0.25) is 0 Å². The Bertz CT molecular complexity index is 776. The van der Waals surface area contributed by atoms with Crippen LogP contribution in [0.2, 0.25) is 0 Å². The lowest BCUT2D eigenvalue weighted by Gasteiger charge is -2.16. The molecule has 0 saturated heterocycles. The number of hydrogen-bond acceptors (Lipinski definition) is 1. The summed E-state index contributed by atoms with van der Waals surface area (Å²) in [4.78, 5) is 0. The van der Waals surface area contributed by atoms with E-state index in [-0.39, 0.29) is 29.4 Å². The van der Waals surface area contributed by atoms with Gasteiger partial charge in [0, 0.05) is 17.7 Å². The Kier molecular flexibility index (Phi) is 5.86. The van der Waals surface area contributed by atoms with Crippen molar-refractivity contribution in [2.24, 2.45) is 0 Å². The Labute approximate surface area is 161 Å². The molecule has 3 heteroatoms. The second-order valence-corrected chi connectivity index (χ2v) is 6.43. The third kappa shape index (κ3) is 3.41. The van der Waals surface area contributed by atoms with Gasteiger partial charge in [-0.15, -0.1) is 0 Å². The molecule has 2 aromatic rings. The Morgan fingerprint density at radius 1 is 1.04 bits per heavy atom. The molecule has 1 heterocycles. The Morgan fingerprint density at radius 3 is 2.42 bits per heavy atom. The molecule has 1 aliphatic rings. The van der Waals surface area contributed by atoms with Gasteiger partial charge in [-0.1, -0.05) is 30.3 Å². The van der Waals surface area contributed by atoms with E-state index < -0.39 is 0 Å². The molecule has 0 fully saturated rings. The quantitative estimate of drug-likeness (QED) is 0.530. The maximum absolute atomic E-state index is 5.68. The average molecular weight is 433 g/mol. The zero-order chi connectivity index (χ0) is 16.4. The van der Waals surface area contributed by atoms with Crippen molar-refractivity contribution in [3.63, 3.8) is 0 Å². The minimum Gasteiger partial charge on any atom is -1.00 e. The molecule has 0 aliphatic carbocycles. The molecule has 24 heavy (non-hydrogen) atoms. The molecule has 0 radical (unpaired) electrons. The molecule has 2 aromatic carbocycles. The van der Waals surface area contributed by atoms with Crippen molar-refractivity contribution in [3.05, 3.63) is 65.7 Å². The van der Waals surface area contributed by atoms with Gasteiger partial charge in [0.2, 0.25) is 5.69 Å². The molecular formula is C21H24INO. The predicted octanol–water partition coefficient (Wildman–Crippen LogP) is 1.81. The van der Waals surface area contributed by atoms with E-state index in [1.54, 1.807) is 0 Å². The lowest BCUT2D eigenvalue weighted by molar-refractivity contribution is -0.401. The van der Waals surface area contributed by atoms with Gasteiger partial charge in [-0.25, -0.2) is 0 Å². The van der Waals surface area contributed by atoms with E-state index in [1.807, 2.05) is 13.0 Å². The number of ether oxygens (including phenoxy) is 1. The maximum atomic E-state index is 5.68. The van der Waals surface area contributed by atoms with Crippen molar-refractivity contribution in [3.8, 4) is 5.75 Å². The topological polar surface area (TPSA) is 12.2 Å². The number of rotatable bonds is 4. The molecular weight excluding hydrogens is 409 g/mol. The van der Waals surface area contributed by atoms with Gasteiger partial charge in [0.25, 0.3) is 0 Å². The lowest BCUT2D eigenvalue weighted by Crippen LogP contribution is -3.00. The third-order valence-corrected chi connectivity index (χ3v) is 4.55. The smallest absolute Gasteiger partial charge is 0.209 e. The highest BCUT2D eigenvalue weighted by Crippen LogP contribution is 2.41. The van der Waals surface area contributed by atoms with Crippen LogP contribution < -0.4 is 28.7 Å². The highest BCUT2D eigenvalue weighted by Gasteiger charge is 2.43. The van der Waals surface area contributed by atoms with Gasteiger partial charge in [-0.05, 0) is 44.5 Å². The number of benzene rings is 2. The number of fused-ring (bicyclic) bond motifs is 1. The van der Waals surface area contributed by atoms with Crippen LogP contribution in [0.1, 0.15) is 31.9 Å². The zero-order valence-corrected chi connectivity index (χ0v) is 16.9. The summed E-state index contributed by atoms with van der Waals surface area (Å²) in [5.74, 6) is 0.945. The molecule has 0 atom stereocenters. The predicted molar refractivity (Wildman–Crippen MR) is 97.0 cm³/mol. The van der Waals surface area contributed by atoms with Gasteiger partial charge < -0.3 is 28.7 Å². The number of nitrogens with zero attached hydrogens (tertiary/aromatic N) is 1. The molecule has 0 amide bonds. The van der Waals surface area contributed by atoms with E-state index in [2.05, 4.69) is 80.1 Å². The van der Waals surface area contributed by atoms with E-state index in [9.17, 15) is 0 Å². The van der Waals surface area contributed by atoms with Gasteiger partial charge in [0.05, 0.1) is 12.0 Å². The molecule has 3 rings (SSSR count). The van der Waals surface area contributed by atoms with Crippen molar-refractivity contribution in [2.45, 2.75) is 26.2 Å². The SMILES string of the molecule is CCOc1ccc2c(c1)C(C)(C)C(C=Cc1ccccc1)=[N+]2C.[I-]. The Morgan fingerprint density at radius 2 is 1.75 bits per heavy atom. The molecule has 0 spiro atoms. The largest absolute Gasteiger partial charge is 1.00 e. The second-order valence-electron chi connectivity index (χ2n) is 6.43. The Balaban J connectivity index is 0.00000208. The van der Waals surface area contributed by atoms with E-state index >= 15 is 0 Å². The summed E-state index contributed by atoms with van der Waals surface area (Å²) in [6, 6.07) is 16.8. The minimum absolute atomic E-state index is 0. The highest BCUT2D eigenvalue weighted by atomic mass is 127. The fraction of sp³-hybridized carbons (Fsp3) is 0.286. The normalized spacial score (nSPS) is 15.3. The molecule has 0 N–H and O–H groups in total. The zero-order valence-electron chi connectivity index (χ0n) is 14.7. The average Bonchev–Trinajstić information content (AvgIpc) is 2.74. The fourth-order valence-corrected chi connectivity index (χ4v) is 3.31. The van der Waals surface area contributed by atoms with E-state index in [0.29, 0.717) is 6.61 Å². The van der Waals surface area contributed by atoms with Gasteiger partial charge >= 0.3 is 0 Å². The van der Waals surface area contributed by atoms with E-state index in [1.165, 1.54) is 22.5 Å². The molecule has 1 aliphatic heterocycles. The Hall–Kier alpha value is -1.62. The second kappa shape index (κ2) is 7.51. The first kappa shape index (κ1) is 18.7. The van der Waals surface area contributed by atoms with Gasteiger partial charge in [0.1, 0.15) is 12.8 Å². The summed E-state index contributed by atoms with van der Waals surface area (Å²) in [6.07, 6.45) is 4.42. The van der Waals surface area contributed by atoms with Crippen molar-refractivity contribution in [1.29, 1.82) is 0 Å². The number of allylic oxidation sites excluding steroid dienone is 1. The van der Waals surface area contributed by atoms with E-state index in [0.717, 1.165) is 5.75 Å². The van der Waals surface area contributed by atoms with Crippen molar-refractivity contribution in [2.75, 3.05) is 13.7 Å². The minimum atomic E-state index is -0.0392. The van der Waals surface area contributed by atoms with Crippen molar-refractivity contribution in [1.82, 2.24) is 0 Å². The van der Waals surface area contributed by atoms with Crippen LogP contribution in [0.15, 0.2) is 54.6 Å². The highest BCUT2D eigenvalue weighted by molar-refractivity contribution is 6.05. The van der Waals surface area contributed by atoms with Crippen LogP contribution in [0, 0.1) is 0 Å². The van der Waals surface area contributed by atoms with Gasteiger partial charge in [-0.2, -0.15) is 4.58 Å². The van der Waals surface area contributed by atoms with Crippen LogP contribution in [0.25, 0.3) is 6.08 Å². The first-order valence-electron chi connectivity index (χ1n) is 8.15. The van der Waals surface area contributed by atoms with Crippen LogP contribution in [0.5, 0.6) is 5.75 Å². The van der Waals surface area contributed by atoms with Gasteiger partial charge in [0.15, 0.2) is 5.71 Å². The van der Waals surface area contributed by atoms with Crippen LogP contribution in [0.3, 0.4) is 0 Å². The summed E-state index contributed by atoms with van der Waals surface area (Å²) < 4.78 is 7.96. The fourth-order valence-electron chi connectivity index (χ4n) is 3.31. The summed E-state index contributed by atoms with van der Waals surface area (Å²) in [7, 11) is 2.14. The molecule has 126 valence electrons. The first-order chi connectivity index (χ1) is 11.0. The lowest BCUT2D eigenvalue weighted by atomic mass is 9.81. The number of hydrogen-bond donors (Lipinski definition) is 0. The monoisotopic (exact) mass is 433 g/mol. The van der Waals surface area contributed by atoms with Crippen LogP contribution in [0.4, 0.5) is 5.69 Å². The summed E-state index contributed by atoms with van der Waals surface area (Å²) >= 11 is 0. The maximum Gasteiger partial charge on any atom is 0.209 e. The molecule has 2 nitrogen and oxygen atoms in total. The first-order valence-corrected chi connectivity index (χ1v) is 8.15. The molecule has 0 unspecified atom stereocenters.